The van der Waals surface area contributed by atoms with Gasteiger partial charge in [-0.1, -0.05) is 5.16 Å². The van der Waals surface area contributed by atoms with Gasteiger partial charge in [0.05, 0.1) is 12.8 Å². The molecule has 21 heavy (non-hydrogen) atoms. The summed E-state index contributed by atoms with van der Waals surface area (Å²) in [4.78, 5) is 17.0. The third-order valence-corrected chi connectivity index (χ3v) is 5.15. The summed E-state index contributed by atoms with van der Waals surface area (Å²) in [7, 11) is 1.48. The van der Waals surface area contributed by atoms with Crippen molar-refractivity contribution in [3.8, 4) is 5.75 Å². The standard InChI is InChI=1S/C16H17NO4/c1-20-12-5-4-9(7-11(12)16(18)19)14-13-8-2-3-10(6-8)15(13)21-17-14/h4-5,7-8,10,13,15H,2-3,6H2,1H3,(H,18,19). The van der Waals surface area contributed by atoms with E-state index in [2.05, 4.69) is 5.16 Å². The third-order valence-electron chi connectivity index (χ3n) is 5.15. The molecule has 1 N–H and O–H groups in total. The average molecular weight is 287 g/mol. The van der Waals surface area contributed by atoms with Gasteiger partial charge in [0.15, 0.2) is 0 Å². The minimum Gasteiger partial charge on any atom is -0.496 e. The quantitative estimate of drug-likeness (QED) is 0.927. The number of oxime groups is 1. The molecular weight excluding hydrogens is 270 g/mol. The maximum Gasteiger partial charge on any atom is 0.339 e. The first kappa shape index (κ1) is 12.7. The Morgan fingerprint density at radius 3 is 2.95 bits per heavy atom. The van der Waals surface area contributed by atoms with Crippen molar-refractivity contribution in [3.63, 3.8) is 0 Å². The number of rotatable bonds is 3. The number of fused-ring (bicyclic) bond motifs is 5. The lowest BCUT2D eigenvalue weighted by Crippen LogP contribution is -2.30. The van der Waals surface area contributed by atoms with Crippen LogP contribution in [0.4, 0.5) is 0 Å². The maximum absolute atomic E-state index is 11.4. The van der Waals surface area contributed by atoms with E-state index >= 15 is 0 Å². The van der Waals surface area contributed by atoms with Crippen LogP contribution in [0.3, 0.4) is 0 Å². The molecular formula is C16H17NO4. The number of carbonyl (C=O) groups is 1. The number of ether oxygens (including phenoxy) is 1. The van der Waals surface area contributed by atoms with Gasteiger partial charge in [-0.3, -0.25) is 0 Å². The van der Waals surface area contributed by atoms with E-state index in [0.717, 1.165) is 11.3 Å². The Kier molecular flexibility index (Phi) is 2.71. The Bertz CT molecular complexity index is 639. The highest BCUT2D eigenvalue weighted by atomic mass is 16.6. The molecule has 1 heterocycles. The van der Waals surface area contributed by atoms with Gasteiger partial charge in [-0.2, -0.15) is 0 Å². The molecule has 4 atom stereocenters. The number of benzene rings is 1. The second kappa shape index (κ2) is 4.48. The molecule has 2 saturated carbocycles. The van der Waals surface area contributed by atoms with Crippen LogP contribution in [-0.2, 0) is 4.84 Å². The van der Waals surface area contributed by atoms with Gasteiger partial charge in [-0.15, -0.1) is 0 Å². The van der Waals surface area contributed by atoms with Gasteiger partial charge in [0.2, 0.25) is 0 Å². The van der Waals surface area contributed by atoms with Crippen LogP contribution in [0.25, 0.3) is 0 Å². The molecule has 4 unspecified atom stereocenters. The van der Waals surface area contributed by atoms with Gasteiger partial charge in [-0.25, -0.2) is 4.79 Å². The Labute approximate surface area is 122 Å². The summed E-state index contributed by atoms with van der Waals surface area (Å²) in [6.07, 6.45) is 3.89. The normalized spacial score (nSPS) is 32.5. The SMILES string of the molecule is COc1ccc(C2=NOC3C4CCC(C4)C23)cc1C(=O)O. The molecule has 4 rings (SSSR count). The highest BCUT2D eigenvalue weighted by molar-refractivity contribution is 6.05. The van der Waals surface area contributed by atoms with Gasteiger partial charge in [0, 0.05) is 11.5 Å². The minimum absolute atomic E-state index is 0.171. The van der Waals surface area contributed by atoms with Crippen molar-refractivity contribution in [1.29, 1.82) is 0 Å². The van der Waals surface area contributed by atoms with E-state index in [1.54, 1.807) is 12.1 Å². The monoisotopic (exact) mass is 287 g/mol. The first-order valence-corrected chi connectivity index (χ1v) is 7.34. The first-order valence-electron chi connectivity index (χ1n) is 7.34. The number of methoxy groups -OCH3 is 1. The van der Waals surface area contributed by atoms with Crippen molar-refractivity contribution in [3.05, 3.63) is 29.3 Å². The number of hydrogen-bond acceptors (Lipinski definition) is 4. The summed E-state index contributed by atoms with van der Waals surface area (Å²) in [5, 5.41) is 13.6. The van der Waals surface area contributed by atoms with E-state index in [4.69, 9.17) is 9.57 Å². The summed E-state index contributed by atoms with van der Waals surface area (Å²) in [6.45, 7) is 0. The summed E-state index contributed by atoms with van der Waals surface area (Å²) in [6, 6.07) is 5.22. The van der Waals surface area contributed by atoms with Crippen LogP contribution in [0.5, 0.6) is 5.75 Å². The van der Waals surface area contributed by atoms with Crippen molar-refractivity contribution in [2.24, 2.45) is 22.9 Å². The highest BCUT2D eigenvalue weighted by Gasteiger charge is 2.54. The Hall–Kier alpha value is -2.04. The fraction of sp³-hybridized carbons (Fsp3) is 0.500. The van der Waals surface area contributed by atoms with Gasteiger partial charge in [0.25, 0.3) is 0 Å². The predicted octanol–water partition coefficient (Wildman–Crippen LogP) is 2.54. The van der Waals surface area contributed by atoms with E-state index in [9.17, 15) is 9.90 Å². The molecule has 0 radical (unpaired) electrons. The van der Waals surface area contributed by atoms with Crippen LogP contribution in [0.15, 0.2) is 23.4 Å². The number of hydrogen-bond donors (Lipinski definition) is 1. The van der Waals surface area contributed by atoms with Crippen LogP contribution in [-0.4, -0.2) is 30.0 Å². The van der Waals surface area contributed by atoms with E-state index < -0.39 is 5.97 Å². The van der Waals surface area contributed by atoms with Gasteiger partial charge < -0.3 is 14.7 Å². The molecule has 110 valence electrons. The molecule has 1 aromatic carbocycles. The van der Waals surface area contributed by atoms with Crippen LogP contribution >= 0.6 is 0 Å². The van der Waals surface area contributed by atoms with Crippen LogP contribution in [0, 0.1) is 17.8 Å². The molecule has 5 nitrogen and oxygen atoms in total. The smallest absolute Gasteiger partial charge is 0.339 e. The molecule has 0 saturated heterocycles. The highest BCUT2D eigenvalue weighted by Crippen LogP contribution is 2.53. The number of carboxylic acids is 1. The zero-order valence-electron chi connectivity index (χ0n) is 11.8. The topological polar surface area (TPSA) is 68.1 Å². The molecule has 2 fully saturated rings. The van der Waals surface area contributed by atoms with Crippen LogP contribution in [0.1, 0.15) is 35.2 Å². The summed E-state index contributed by atoms with van der Waals surface area (Å²) >= 11 is 0. The predicted molar refractivity (Wildman–Crippen MR) is 75.7 cm³/mol. The van der Waals surface area contributed by atoms with Crippen LogP contribution < -0.4 is 4.74 Å². The minimum atomic E-state index is -0.988. The van der Waals surface area contributed by atoms with Gasteiger partial charge >= 0.3 is 5.97 Å². The Morgan fingerprint density at radius 2 is 2.19 bits per heavy atom. The zero-order valence-corrected chi connectivity index (χ0v) is 11.8. The first-order chi connectivity index (χ1) is 10.2. The molecule has 2 aliphatic carbocycles. The third kappa shape index (κ3) is 1.76. The van der Waals surface area contributed by atoms with Crippen molar-refractivity contribution in [1.82, 2.24) is 0 Å². The molecule has 0 amide bonds. The van der Waals surface area contributed by atoms with Gasteiger partial charge in [-0.05, 0) is 49.3 Å². The summed E-state index contributed by atoms with van der Waals surface area (Å²) < 4.78 is 5.11. The largest absolute Gasteiger partial charge is 0.496 e. The van der Waals surface area contributed by atoms with E-state index in [1.807, 2.05) is 6.07 Å². The molecule has 0 aromatic heterocycles. The van der Waals surface area contributed by atoms with E-state index in [1.165, 1.54) is 26.4 Å². The molecule has 0 spiro atoms. The van der Waals surface area contributed by atoms with Crippen molar-refractivity contribution in [2.45, 2.75) is 25.4 Å². The number of carboxylic acid groups (broad SMARTS) is 1. The molecule has 2 bridgehead atoms. The van der Waals surface area contributed by atoms with Crippen LogP contribution in [0.2, 0.25) is 0 Å². The second-order valence-corrected chi connectivity index (χ2v) is 6.13. The van der Waals surface area contributed by atoms with E-state index in [0.29, 0.717) is 23.5 Å². The molecule has 1 aromatic rings. The fourth-order valence-electron chi connectivity index (χ4n) is 4.23. The fourth-order valence-corrected chi connectivity index (χ4v) is 4.23. The number of nitrogens with zero attached hydrogens (tertiary/aromatic N) is 1. The maximum atomic E-state index is 11.4. The Balaban J connectivity index is 1.71. The van der Waals surface area contributed by atoms with Gasteiger partial charge in [0.1, 0.15) is 17.4 Å². The van der Waals surface area contributed by atoms with Crippen molar-refractivity contribution in [2.75, 3.05) is 7.11 Å². The Morgan fingerprint density at radius 1 is 1.38 bits per heavy atom. The lowest BCUT2D eigenvalue weighted by atomic mass is 9.81. The molecule has 5 heteroatoms. The van der Waals surface area contributed by atoms with Crippen molar-refractivity contribution >= 4 is 11.7 Å². The molecule has 1 aliphatic heterocycles. The summed E-state index contributed by atoms with van der Waals surface area (Å²) in [5.74, 6) is 0.974. The summed E-state index contributed by atoms with van der Waals surface area (Å²) in [5.41, 5.74) is 1.93. The second-order valence-electron chi connectivity index (χ2n) is 6.13. The zero-order chi connectivity index (χ0) is 14.6. The average Bonchev–Trinajstić information content (AvgIpc) is 3.19. The number of aromatic carboxylic acids is 1. The van der Waals surface area contributed by atoms with Crippen molar-refractivity contribution < 1.29 is 19.5 Å². The molecule has 3 aliphatic rings. The lowest BCUT2D eigenvalue weighted by molar-refractivity contribution is 0.0275. The van der Waals surface area contributed by atoms with E-state index in [-0.39, 0.29) is 11.7 Å². The lowest BCUT2D eigenvalue weighted by Gasteiger charge is -2.23.